The van der Waals surface area contributed by atoms with Gasteiger partial charge in [-0.2, -0.15) is 0 Å². The summed E-state index contributed by atoms with van der Waals surface area (Å²) in [6, 6.07) is 6.09. The van der Waals surface area contributed by atoms with Crippen molar-refractivity contribution in [1.29, 1.82) is 0 Å². The van der Waals surface area contributed by atoms with Crippen LogP contribution in [0.15, 0.2) is 24.3 Å². The predicted octanol–water partition coefficient (Wildman–Crippen LogP) is 0.903. The molecule has 2 atom stereocenters. The van der Waals surface area contributed by atoms with E-state index in [0.29, 0.717) is 6.61 Å². The second kappa shape index (κ2) is 7.94. The molecule has 0 aromatic heterocycles. The number of rotatable bonds is 5. The summed E-state index contributed by atoms with van der Waals surface area (Å²) >= 11 is 0. The number of nitrogens with one attached hydrogen (secondary N) is 2. The van der Waals surface area contributed by atoms with E-state index >= 15 is 0 Å². The fourth-order valence-corrected chi connectivity index (χ4v) is 2.46. The molecule has 0 radical (unpaired) electrons. The molecule has 1 aromatic carbocycles. The second-order valence-corrected chi connectivity index (χ2v) is 5.79. The van der Waals surface area contributed by atoms with Gasteiger partial charge in [0.15, 0.2) is 0 Å². The Bertz CT molecular complexity index is 564. The summed E-state index contributed by atoms with van der Waals surface area (Å²) in [5.74, 6) is -0.983. The smallest absolute Gasteiger partial charge is 0.335 e. The van der Waals surface area contributed by atoms with Crippen LogP contribution in [0.3, 0.4) is 0 Å². The van der Waals surface area contributed by atoms with Gasteiger partial charge in [0.2, 0.25) is 0 Å². The Labute approximate surface area is 135 Å². The van der Waals surface area contributed by atoms with Crippen molar-refractivity contribution in [2.75, 3.05) is 26.7 Å². The third-order valence-corrected chi connectivity index (χ3v) is 3.84. The first-order chi connectivity index (χ1) is 11.0. The highest BCUT2D eigenvalue weighted by molar-refractivity contribution is 5.87. The Balaban J connectivity index is 1.80. The molecular formula is C16H23N3O4. The van der Waals surface area contributed by atoms with Gasteiger partial charge >= 0.3 is 12.0 Å². The lowest BCUT2D eigenvalue weighted by Gasteiger charge is -2.33. The summed E-state index contributed by atoms with van der Waals surface area (Å²) in [4.78, 5) is 25.1. The van der Waals surface area contributed by atoms with Gasteiger partial charge < -0.3 is 25.4 Å². The van der Waals surface area contributed by atoms with E-state index in [1.54, 1.807) is 18.2 Å². The molecule has 7 nitrogen and oxygen atoms in total. The van der Waals surface area contributed by atoms with Crippen LogP contribution in [-0.4, -0.2) is 60.9 Å². The Kier molecular flexibility index (Phi) is 5.95. The van der Waals surface area contributed by atoms with E-state index in [9.17, 15) is 9.59 Å². The van der Waals surface area contributed by atoms with Crippen molar-refractivity contribution >= 4 is 12.0 Å². The van der Waals surface area contributed by atoms with Gasteiger partial charge in [-0.15, -0.1) is 0 Å². The van der Waals surface area contributed by atoms with Crippen LogP contribution >= 0.6 is 0 Å². The van der Waals surface area contributed by atoms with Gasteiger partial charge in [0, 0.05) is 19.6 Å². The minimum Gasteiger partial charge on any atom is -0.478 e. The van der Waals surface area contributed by atoms with E-state index in [0.717, 1.165) is 18.7 Å². The number of morpholine rings is 1. The lowest BCUT2D eigenvalue weighted by Crippen LogP contribution is -2.53. The largest absolute Gasteiger partial charge is 0.478 e. The van der Waals surface area contributed by atoms with Crippen molar-refractivity contribution in [2.24, 2.45) is 0 Å². The van der Waals surface area contributed by atoms with Gasteiger partial charge in [-0.05, 0) is 31.7 Å². The molecule has 1 aromatic rings. The number of likely N-dealkylation sites (N-methyl/N-ethyl adjacent to an activating group) is 1. The molecule has 2 rings (SSSR count). The summed E-state index contributed by atoms with van der Waals surface area (Å²) in [6.07, 6.45) is -0.0326. The number of carbonyl (C=O) groups is 2. The molecule has 3 N–H and O–H groups in total. The van der Waals surface area contributed by atoms with Gasteiger partial charge in [0.25, 0.3) is 0 Å². The normalized spacial score (nSPS) is 19.8. The second-order valence-electron chi connectivity index (χ2n) is 5.79. The zero-order valence-corrected chi connectivity index (χ0v) is 13.4. The van der Waals surface area contributed by atoms with E-state index in [-0.39, 0.29) is 30.3 Å². The van der Waals surface area contributed by atoms with Crippen LogP contribution in [0.2, 0.25) is 0 Å². The molecule has 23 heavy (non-hydrogen) atoms. The average Bonchev–Trinajstić information content (AvgIpc) is 2.53. The summed E-state index contributed by atoms with van der Waals surface area (Å²) < 4.78 is 5.67. The number of ether oxygens (including phenoxy) is 1. The summed E-state index contributed by atoms with van der Waals surface area (Å²) in [6.45, 7) is 4.52. The van der Waals surface area contributed by atoms with Crippen LogP contribution in [0.25, 0.3) is 0 Å². The van der Waals surface area contributed by atoms with E-state index < -0.39 is 5.97 Å². The molecule has 0 bridgehead atoms. The fraction of sp³-hybridized carbons (Fsp3) is 0.500. The SMILES string of the molecule is CC(NC(=O)NCc1cccc(C(=O)O)c1)C1CN(C)CCO1. The Hall–Kier alpha value is -2.12. The van der Waals surface area contributed by atoms with Crippen LogP contribution in [0.1, 0.15) is 22.8 Å². The minimum atomic E-state index is -0.983. The first-order valence-corrected chi connectivity index (χ1v) is 7.62. The van der Waals surface area contributed by atoms with E-state index in [2.05, 4.69) is 15.5 Å². The maximum atomic E-state index is 12.0. The number of carboxylic acid groups (broad SMARTS) is 1. The molecule has 1 aliphatic rings. The molecule has 7 heteroatoms. The first kappa shape index (κ1) is 17.2. The quantitative estimate of drug-likeness (QED) is 0.750. The molecule has 0 spiro atoms. The van der Waals surface area contributed by atoms with E-state index in [1.807, 2.05) is 14.0 Å². The lowest BCUT2D eigenvalue weighted by molar-refractivity contribution is -0.0333. The lowest BCUT2D eigenvalue weighted by atomic mass is 10.1. The van der Waals surface area contributed by atoms with Crippen molar-refractivity contribution in [2.45, 2.75) is 25.6 Å². The molecule has 1 saturated heterocycles. The van der Waals surface area contributed by atoms with Crippen molar-refractivity contribution in [3.8, 4) is 0 Å². The van der Waals surface area contributed by atoms with Crippen molar-refractivity contribution in [3.63, 3.8) is 0 Å². The summed E-state index contributed by atoms with van der Waals surface area (Å²) in [5.41, 5.74) is 0.943. The molecule has 2 unspecified atom stereocenters. The fourth-order valence-electron chi connectivity index (χ4n) is 2.46. The monoisotopic (exact) mass is 321 g/mol. The first-order valence-electron chi connectivity index (χ1n) is 7.62. The van der Waals surface area contributed by atoms with Gasteiger partial charge in [-0.25, -0.2) is 9.59 Å². The maximum absolute atomic E-state index is 12.0. The number of benzene rings is 1. The van der Waals surface area contributed by atoms with Gasteiger partial charge in [0.05, 0.1) is 24.3 Å². The molecule has 1 heterocycles. The minimum absolute atomic E-state index is 0.0326. The number of hydrogen-bond donors (Lipinski definition) is 3. The summed E-state index contributed by atoms with van der Waals surface area (Å²) in [7, 11) is 2.03. The highest BCUT2D eigenvalue weighted by atomic mass is 16.5. The zero-order chi connectivity index (χ0) is 16.8. The van der Waals surface area contributed by atoms with Gasteiger partial charge in [0.1, 0.15) is 0 Å². The molecule has 1 aliphatic heterocycles. The van der Waals surface area contributed by atoms with Crippen molar-refractivity contribution in [1.82, 2.24) is 15.5 Å². The molecule has 126 valence electrons. The molecule has 2 amide bonds. The number of carbonyl (C=O) groups excluding carboxylic acids is 1. The van der Waals surface area contributed by atoms with Crippen LogP contribution < -0.4 is 10.6 Å². The highest BCUT2D eigenvalue weighted by Crippen LogP contribution is 2.08. The number of amides is 2. The van der Waals surface area contributed by atoms with Gasteiger partial charge in [-0.3, -0.25) is 0 Å². The number of hydrogen-bond acceptors (Lipinski definition) is 4. The number of urea groups is 1. The van der Waals surface area contributed by atoms with E-state index in [4.69, 9.17) is 9.84 Å². The molecule has 0 saturated carbocycles. The standard InChI is InChI=1S/C16H23N3O4/c1-11(14-10-19(2)6-7-23-14)18-16(22)17-9-12-4-3-5-13(8-12)15(20)21/h3-5,8,11,14H,6-7,9-10H2,1-2H3,(H,20,21)(H2,17,18,22). The Morgan fingerprint density at radius 3 is 2.96 bits per heavy atom. The van der Waals surface area contributed by atoms with Crippen molar-refractivity contribution < 1.29 is 19.4 Å². The molecular weight excluding hydrogens is 298 g/mol. The highest BCUT2D eigenvalue weighted by Gasteiger charge is 2.24. The Morgan fingerprint density at radius 1 is 1.48 bits per heavy atom. The van der Waals surface area contributed by atoms with E-state index in [1.165, 1.54) is 6.07 Å². The van der Waals surface area contributed by atoms with Crippen molar-refractivity contribution in [3.05, 3.63) is 35.4 Å². The maximum Gasteiger partial charge on any atom is 0.335 e. The zero-order valence-electron chi connectivity index (χ0n) is 13.4. The van der Waals surface area contributed by atoms with Gasteiger partial charge in [-0.1, -0.05) is 12.1 Å². The topological polar surface area (TPSA) is 90.9 Å². The van der Waals surface area contributed by atoms with Crippen LogP contribution in [0.5, 0.6) is 0 Å². The predicted molar refractivity (Wildman–Crippen MR) is 85.5 cm³/mol. The molecule has 0 aliphatic carbocycles. The van der Waals surface area contributed by atoms with Crippen LogP contribution in [-0.2, 0) is 11.3 Å². The number of nitrogens with zero attached hydrogens (tertiary/aromatic N) is 1. The third kappa shape index (κ3) is 5.22. The van der Waals surface area contributed by atoms with Crippen LogP contribution in [0.4, 0.5) is 4.79 Å². The number of carboxylic acids is 1. The number of aromatic carboxylic acids is 1. The Morgan fingerprint density at radius 2 is 2.26 bits per heavy atom. The third-order valence-electron chi connectivity index (χ3n) is 3.84. The van der Waals surface area contributed by atoms with Crippen LogP contribution in [0, 0.1) is 0 Å². The molecule has 1 fully saturated rings. The average molecular weight is 321 g/mol. The summed E-state index contributed by atoms with van der Waals surface area (Å²) in [5, 5.41) is 14.5.